The highest BCUT2D eigenvalue weighted by molar-refractivity contribution is 6.30. The minimum absolute atomic E-state index is 0.0648. The number of ether oxygens (including phenoxy) is 1. The van der Waals surface area contributed by atoms with Gasteiger partial charge in [-0.15, -0.1) is 0 Å². The lowest BCUT2D eigenvalue weighted by Gasteiger charge is -2.35. The van der Waals surface area contributed by atoms with Crippen LogP contribution in [-0.4, -0.2) is 41.8 Å². The topological polar surface area (TPSA) is 114 Å². The number of amides is 3. The van der Waals surface area contributed by atoms with E-state index in [1.807, 2.05) is 90.1 Å². The van der Waals surface area contributed by atoms with Gasteiger partial charge in [0.1, 0.15) is 18.4 Å². The molecule has 3 rings (SSSR count). The van der Waals surface area contributed by atoms with Crippen LogP contribution in [0.3, 0.4) is 0 Å². The Bertz CT molecular complexity index is 1230. The second-order valence-electron chi connectivity index (χ2n) is 12.5. The van der Waals surface area contributed by atoms with Gasteiger partial charge in [0.05, 0.1) is 6.04 Å². The van der Waals surface area contributed by atoms with Crippen molar-refractivity contribution in [2.24, 2.45) is 11.8 Å². The molecule has 3 amide bonds. The van der Waals surface area contributed by atoms with Gasteiger partial charge in [-0.05, 0) is 62.3 Å². The Morgan fingerprint density at radius 2 is 1.80 bits per heavy atom. The van der Waals surface area contributed by atoms with Crippen molar-refractivity contribution in [3.05, 3.63) is 70.7 Å². The maximum Gasteiger partial charge on any atom is 0.408 e. The van der Waals surface area contributed by atoms with Gasteiger partial charge in [0.15, 0.2) is 0 Å². The highest BCUT2D eigenvalue weighted by Crippen LogP contribution is 2.40. The van der Waals surface area contributed by atoms with E-state index in [-0.39, 0.29) is 29.7 Å². The molecule has 0 saturated carbocycles. The fourth-order valence-corrected chi connectivity index (χ4v) is 5.60. The molecule has 1 fully saturated rings. The zero-order valence-electron chi connectivity index (χ0n) is 24.7. The van der Waals surface area contributed by atoms with E-state index in [1.54, 1.807) is 6.07 Å². The molecule has 4 unspecified atom stereocenters. The number of alkyl carbamates (subject to hydrolysis) is 1. The van der Waals surface area contributed by atoms with E-state index in [1.165, 1.54) is 0 Å². The second kappa shape index (κ2) is 13.5. The third-order valence-corrected chi connectivity index (χ3v) is 7.72. The lowest BCUT2D eigenvalue weighted by Crippen LogP contribution is -2.51. The molecular weight excluding hydrogens is 542 g/mol. The molecule has 2 aromatic carbocycles. The van der Waals surface area contributed by atoms with Gasteiger partial charge in [-0.2, -0.15) is 0 Å². The Morgan fingerprint density at radius 1 is 1.12 bits per heavy atom. The Labute approximate surface area is 247 Å². The fourth-order valence-electron chi connectivity index (χ4n) is 5.41. The van der Waals surface area contributed by atoms with Crippen molar-refractivity contribution in [3.63, 3.8) is 0 Å². The quantitative estimate of drug-likeness (QED) is 0.286. The molecule has 41 heavy (non-hydrogen) atoms. The van der Waals surface area contributed by atoms with E-state index in [4.69, 9.17) is 16.3 Å². The molecule has 1 aliphatic rings. The normalized spacial score (nSPS) is 18.6. The van der Waals surface area contributed by atoms with Crippen molar-refractivity contribution in [1.82, 2.24) is 16.0 Å². The number of carbonyl (C=O) groups is 4. The van der Waals surface area contributed by atoms with Gasteiger partial charge in [0.2, 0.25) is 11.8 Å². The molecule has 0 radical (unpaired) electrons. The van der Waals surface area contributed by atoms with Crippen LogP contribution < -0.4 is 16.0 Å². The standard InChI is InChI=1S/C32H42ClN3O5/c1-20(2)15-26(29(39)34-25(19-37)16-22-18-31(3,4)36-28(22)38)35-30(40)41-27(21-11-8-7-9-12-21)32(5,6)23-13-10-14-24(33)17-23/h7-14,17,19-20,22,25-27H,15-16,18H2,1-6H3,(H,34,39)(H,35,40)(H,36,38). The van der Waals surface area contributed by atoms with Crippen LogP contribution in [0.5, 0.6) is 0 Å². The first-order valence-electron chi connectivity index (χ1n) is 14.1. The first kappa shape index (κ1) is 32.1. The average molecular weight is 584 g/mol. The number of aldehydes is 1. The zero-order valence-corrected chi connectivity index (χ0v) is 25.5. The minimum atomic E-state index is -0.940. The molecule has 9 heteroatoms. The summed E-state index contributed by atoms with van der Waals surface area (Å²) in [6.07, 6.45) is 0.270. The van der Waals surface area contributed by atoms with Crippen LogP contribution >= 0.6 is 11.6 Å². The molecule has 4 atom stereocenters. The molecule has 222 valence electrons. The van der Waals surface area contributed by atoms with Crippen molar-refractivity contribution in [2.75, 3.05) is 0 Å². The van der Waals surface area contributed by atoms with Crippen LogP contribution in [-0.2, 0) is 24.5 Å². The van der Waals surface area contributed by atoms with Crippen LogP contribution in [0.25, 0.3) is 0 Å². The molecule has 0 spiro atoms. The number of carbonyl (C=O) groups excluding carboxylic acids is 4. The van der Waals surface area contributed by atoms with E-state index in [9.17, 15) is 19.2 Å². The summed E-state index contributed by atoms with van der Waals surface area (Å²) >= 11 is 6.28. The molecule has 2 aromatic rings. The predicted octanol–water partition coefficient (Wildman–Crippen LogP) is 5.49. The highest BCUT2D eigenvalue weighted by Gasteiger charge is 2.39. The van der Waals surface area contributed by atoms with E-state index in [0.29, 0.717) is 24.2 Å². The highest BCUT2D eigenvalue weighted by atomic mass is 35.5. The van der Waals surface area contributed by atoms with Gasteiger partial charge in [-0.1, -0.05) is 81.8 Å². The zero-order chi connectivity index (χ0) is 30.4. The summed E-state index contributed by atoms with van der Waals surface area (Å²) in [6, 6.07) is 15.0. The smallest absolute Gasteiger partial charge is 0.408 e. The van der Waals surface area contributed by atoms with E-state index in [2.05, 4.69) is 16.0 Å². The fraction of sp³-hybridized carbons (Fsp3) is 0.500. The third-order valence-electron chi connectivity index (χ3n) is 7.49. The summed E-state index contributed by atoms with van der Waals surface area (Å²) in [6.45, 7) is 11.6. The van der Waals surface area contributed by atoms with Crippen LogP contribution in [0, 0.1) is 11.8 Å². The van der Waals surface area contributed by atoms with E-state index >= 15 is 0 Å². The van der Waals surface area contributed by atoms with Crippen molar-refractivity contribution in [3.8, 4) is 0 Å². The summed E-state index contributed by atoms with van der Waals surface area (Å²) < 4.78 is 6.04. The molecule has 0 aliphatic carbocycles. The Morgan fingerprint density at radius 3 is 2.37 bits per heavy atom. The van der Waals surface area contributed by atoms with Crippen molar-refractivity contribution in [2.45, 2.75) is 89.9 Å². The Hall–Kier alpha value is -3.39. The van der Waals surface area contributed by atoms with Crippen LogP contribution in [0.4, 0.5) is 4.79 Å². The van der Waals surface area contributed by atoms with Crippen molar-refractivity contribution >= 4 is 35.8 Å². The van der Waals surface area contributed by atoms with Crippen LogP contribution in [0.15, 0.2) is 54.6 Å². The first-order valence-corrected chi connectivity index (χ1v) is 14.5. The summed E-state index contributed by atoms with van der Waals surface area (Å²) in [7, 11) is 0. The predicted molar refractivity (Wildman–Crippen MR) is 159 cm³/mol. The Balaban J connectivity index is 1.77. The lowest BCUT2D eigenvalue weighted by atomic mass is 9.76. The van der Waals surface area contributed by atoms with Gasteiger partial charge >= 0.3 is 6.09 Å². The summed E-state index contributed by atoms with van der Waals surface area (Å²) in [5.74, 6) is -0.959. The molecule has 0 bridgehead atoms. The summed E-state index contributed by atoms with van der Waals surface area (Å²) in [5, 5.41) is 8.95. The lowest BCUT2D eigenvalue weighted by molar-refractivity contribution is -0.127. The maximum absolute atomic E-state index is 13.4. The number of hydrogen-bond donors (Lipinski definition) is 3. The molecule has 1 saturated heterocycles. The van der Waals surface area contributed by atoms with Crippen LogP contribution in [0.1, 0.15) is 78.0 Å². The van der Waals surface area contributed by atoms with Gasteiger partial charge < -0.3 is 25.5 Å². The monoisotopic (exact) mass is 583 g/mol. The summed E-state index contributed by atoms with van der Waals surface area (Å²) in [4.78, 5) is 50.9. The van der Waals surface area contributed by atoms with Gasteiger partial charge in [0.25, 0.3) is 0 Å². The van der Waals surface area contributed by atoms with Gasteiger partial charge in [-0.3, -0.25) is 9.59 Å². The number of halogens is 1. The van der Waals surface area contributed by atoms with E-state index < -0.39 is 35.6 Å². The van der Waals surface area contributed by atoms with Gasteiger partial charge in [0, 0.05) is 21.9 Å². The minimum Gasteiger partial charge on any atom is -0.440 e. The molecule has 0 aromatic heterocycles. The largest absolute Gasteiger partial charge is 0.440 e. The second-order valence-corrected chi connectivity index (χ2v) is 13.0. The van der Waals surface area contributed by atoms with Crippen molar-refractivity contribution in [1.29, 1.82) is 0 Å². The number of hydrogen-bond acceptors (Lipinski definition) is 5. The Kier molecular flexibility index (Phi) is 10.6. The number of nitrogens with one attached hydrogen (secondary N) is 3. The molecular formula is C32H42ClN3O5. The SMILES string of the molecule is CC(C)CC(NC(=O)OC(c1ccccc1)C(C)(C)c1cccc(Cl)c1)C(=O)NC(C=O)CC1CC(C)(C)NC1=O. The number of rotatable bonds is 12. The molecule has 1 heterocycles. The average Bonchev–Trinajstić information content (AvgIpc) is 3.16. The summed E-state index contributed by atoms with van der Waals surface area (Å²) in [5.41, 5.74) is 0.642. The molecule has 8 nitrogen and oxygen atoms in total. The van der Waals surface area contributed by atoms with Gasteiger partial charge in [-0.25, -0.2) is 4.79 Å². The van der Waals surface area contributed by atoms with Crippen LogP contribution in [0.2, 0.25) is 5.02 Å². The first-order chi connectivity index (χ1) is 19.2. The van der Waals surface area contributed by atoms with E-state index in [0.717, 1.165) is 11.1 Å². The molecule has 3 N–H and O–H groups in total. The maximum atomic E-state index is 13.4. The third kappa shape index (κ3) is 8.80. The van der Waals surface area contributed by atoms with Crippen molar-refractivity contribution < 1.29 is 23.9 Å². The number of benzene rings is 2. The molecule has 1 aliphatic heterocycles.